The summed E-state index contributed by atoms with van der Waals surface area (Å²) in [6.07, 6.45) is 0. The summed E-state index contributed by atoms with van der Waals surface area (Å²) in [6.45, 7) is 7.96. The maximum Gasteiger partial charge on any atom is 0.0975 e. The van der Waals surface area contributed by atoms with E-state index in [0.717, 1.165) is 27.7 Å². The van der Waals surface area contributed by atoms with Crippen molar-refractivity contribution in [1.82, 2.24) is 9.71 Å². The van der Waals surface area contributed by atoms with Crippen LogP contribution in [-0.2, 0) is 11.0 Å². The minimum absolute atomic E-state index is 0.0765. The van der Waals surface area contributed by atoms with Gasteiger partial charge in [-0.1, -0.05) is 48.5 Å². The maximum absolute atomic E-state index is 12.5. The summed E-state index contributed by atoms with van der Waals surface area (Å²) in [4.78, 5) is 4.90. The molecule has 0 amide bonds. The first-order chi connectivity index (χ1) is 11.9. The van der Waals surface area contributed by atoms with Gasteiger partial charge in [-0.05, 0) is 45.4 Å². The van der Waals surface area contributed by atoms with Crippen LogP contribution in [0.25, 0.3) is 22.2 Å². The largest absolute Gasteiger partial charge is 0.247 e. The standard InChI is InChI=1S/C21H24N2OS/c1-15(23-25(24)21(2,3)4)18-14-17-12-8-9-13-19(17)22-20(18)16-10-6-5-7-11-16/h5-15,23H,1-4H3. The third-order valence-electron chi connectivity index (χ3n) is 4.11. The van der Waals surface area contributed by atoms with Crippen molar-refractivity contribution in [3.8, 4) is 11.3 Å². The number of hydrogen-bond donors (Lipinski definition) is 1. The first-order valence-corrected chi connectivity index (χ1v) is 9.64. The lowest BCUT2D eigenvalue weighted by Crippen LogP contribution is -2.35. The molecule has 0 aliphatic carbocycles. The molecule has 1 heterocycles. The Kier molecular flexibility index (Phi) is 5.02. The van der Waals surface area contributed by atoms with Crippen LogP contribution in [0.2, 0.25) is 0 Å². The normalized spacial score (nSPS) is 14.4. The minimum atomic E-state index is -1.14. The average molecular weight is 353 g/mol. The molecule has 4 heteroatoms. The van der Waals surface area contributed by atoms with Crippen molar-refractivity contribution in [3.05, 3.63) is 66.2 Å². The number of rotatable bonds is 4. The molecular formula is C21H24N2OS. The zero-order valence-corrected chi connectivity index (χ0v) is 15.9. The van der Waals surface area contributed by atoms with E-state index in [9.17, 15) is 4.21 Å². The van der Waals surface area contributed by atoms with Crippen molar-refractivity contribution < 1.29 is 4.21 Å². The van der Waals surface area contributed by atoms with Crippen LogP contribution in [-0.4, -0.2) is 13.9 Å². The van der Waals surface area contributed by atoms with Gasteiger partial charge in [0.2, 0.25) is 0 Å². The average Bonchev–Trinajstić information content (AvgIpc) is 2.60. The van der Waals surface area contributed by atoms with E-state index in [1.54, 1.807) is 0 Å². The van der Waals surface area contributed by atoms with E-state index in [1.807, 2.05) is 64.1 Å². The molecule has 25 heavy (non-hydrogen) atoms. The predicted octanol–water partition coefficient (Wildman–Crippen LogP) is 5.01. The van der Waals surface area contributed by atoms with E-state index in [-0.39, 0.29) is 10.8 Å². The van der Waals surface area contributed by atoms with Crippen LogP contribution in [0.1, 0.15) is 39.3 Å². The van der Waals surface area contributed by atoms with Gasteiger partial charge in [-0.2, -0.15) is 0 Å². The third-order valence-corrected chi connectivity index (χ3v) is 5.79. The van der Waals surface area contributed by atoms with Crippen LogP contribution >= 0.6 is 0 Å². The van der Waals surface area contributed by atoms with Gasteiger partial charge in [-0.3, -0.25) is 0 Å². The van der Waals surface area contributed by atoms with E-state index in [2.05, 4.69) is 29.0 Å². The van der Waals surface area contributed by atoms with Crippen molar-refractivity contribution in [2.75, 3.05) is 0 Å². The lowest BCUT2D eigenvalue weighted by Gasteiger charge is -2.23. The number of hydrogen-bond acceptors (Lipinski definition) is 2. The molecule has 0 saturated heterocycles. The molecule has 3 rings (SSSR count). The van der Waals surface area contributed by atoms with Crippen molar-refractivity contribution in [3.63, 3.8) is 0 Å². The van der Waals surface area contributed by atoms with Crippen molar-refractivity contribution in [2.45, 2.75) is 38.5 Å². The fourth-order valence-corrected chi connectivity index (χ4v) is 3.49. The molecule has 0 aliphatic heterocycles. The fraction of sp³-hybridized carbons (Fsp3) is 0.286. The van der Waals surface area contributed by atoms with Gasteiger partial charge in [0.15, 0.2) is 0 Å². The number of fused-ring (bicyclic) bond motifs is 1. The summed E-state index contributed by atoms with van der Waals surface area (Å²) in [5, 5.41) is 1.09. The Hall–Kier alpha value is -2.04. The van der Waals surface area contributed by atoms with E-state index in [4.69, 9.17) is 4.98 Å². The lowest BCUT2D eigenvalue weighted by molar-refractivity contribution is 0.616. The second-order valence-electron chi connectivity index (χ2n) is 7.21. The Morgan fingerprint density at radius 2 is 1.64 bits per heavy atom. The van der Waals surface area contributed by atoms with Crippen LogP contribution in [0, 0.1) is 0 Å². The fourth-order valence-electron chi connectivity index (χ4n) is 2.69. The van der Waals surface area contributed by atoms with Gasteiger partial charge in [-0.25, -0.2) is 13.9 Å². The monoisotopic (exact) mass is 352 g/mol. The molecule has 0 bridgehead atoms. The molecule has 2 unspecified atom stereocenters. The number of nitrogens with zero attached hydrogens (tertiary/aromatic N) is 1. The molecule has 0 radical (unpaired) electrons. The molecule has 3 aromatic rings. The van der Waals surface area contributed by atoms with Crippen LogP contribution < -0.4 is 4.72 Å². The first kappa shape index (κ1) is 17.8. The Bertz CT molecular complexity index is 901. The maximum atomic E-state index is 12.5. The quantitative estimate of drug-likeness (QED) is 0.717. The molecule has 2 aromatic carbocycles. The molecular weight excluding hydrogens is 328 g/mol. The number of aromatic nitrogens is 1. The summed E-state index contributed by atoms with van der Waals surface area (Å²) in [7, 11) is -1.14. The van der Waals surface area contributed by atoms with E-state index >= 15 is 0 Å². The highest BCUT2D eigenvalue weighted by atomic mass is 32.2. The number of para-hydroxylation sites is 1. The number of nitrogens with one attached hydrogen (secondary N) is 1. The summed E-state index contributed by atoms with van der Waals surface area (Å²) in [5.74, 6) is 0. The molecule has 0 aliphatic rings. The molecule has 1 N–H and O–H groups in total. The zero-order chi connectivity index (χ0) is 18.0. The molecule has 130 valence electrons. The highest BCUT2D eigenvalue weighted by Crippen LogP contribution is 2.30. The van der Waals surface area contributed by atoms with Gasteiger partial charge < -0.3 is 0 Å². The predicted molar refractivity (Wildman–Crippen MR) is 107 cm³/mol. The third kappa shape index (κ3) is 3.97. The van der Waals surface area contributed by atoms with Gasteiger partial charge in [0, 0.05) is 17.0 Å². The topological polar surface area (TPSA) is 42.0 Å². The summed E-state index contributed by atoms with van der Waals surface area (Å²) in [5.41, 5.74) is 4.03. The van der Waals surface area contributed by atoms with Gasteiger partial charge >= 0.3 is 0 Å². The Morgan fingerprint density at radius 3 is 2.32 bits per heavy atom. The van der Waals surface area contributed by atoms with E-state index < -0.39 is 11.0 Å². The van der Waals surface area contributed by atoms with Crippen molar-refractivity contribution >= 4 is 21.9 Å². The highest BCUT2D eigenvalue weighted by molar-refractivity contribution is 7.84. The smallest absolute Gasteiger partial charge is 0.0975 e. The van der Waals surface area contributed by atoms with Crippen molar-refractivity contribution in [1.29, 1.82) is 0 Å². The molecule has 3 nitrogen and oxygen atoms in total. The second kappa shape index (κ2) is 7.06. The molecule has 0 fully saturated rings. The number of pyridine rings is 1. The Balaban J connectivity index is 2.10. The zero-order valence-electron chi connectivity index (χ0n) is 15.1. The van der Waals surface area contributed by atoms with Crippen molar-refractivity contribution in [2.24, 2.45) is 0 Å². The van der Waals surface area contributed by atoms with Gasteiger partial charge in [0.25, 0.3) is 0 Å². The molecule has 0 spiro atoms. The van der Waals surface area contributed by atoms with E-state index in [1.165, 1.54) is 0 Å². The van der Waals surface area contributed by atoms with Crippen LogP contribution in [0.15, 0.2) is 60.7 Å². The molecule has 0 saturated carbocycles. The van der Waals surface area contributed by atoms with Gasteiger partial charge in [-0.15, -0.1) is 0 Å². The Morgan fingerprint density at radius 1 is 1.00 bits per heavy atom. The van der Waals surface area contributed by atoms with Gasteiger partial charge in [0.1, 0.15) is 0 Å². The van der Waals surface area contributed by atoms with Crippen LogP contribution in [0.3, 0.4) is 0 Å². The first-order valence-electron chi connectivity index (χ1n) is 8.49. The minimum Gasteiger partial charge on any atom is -0.247 e. The molecule has 2 atom stereocenters. The van der Waals surface area contributed by atoms with Crippen LogP contribution in [0.4, 0.5) is 0 Å². The lowest BCUT2D eigenvalue weighted by atomic mass is 9.99. The SMILES string of the molecule is CC(NS(=O)C(C)(C)C)c1cc2ccccc2nc1-c1ccccc1. The summed E-state index contributed by atoms with van der Waals surface area (Å²) in [6, 6.07) is 20.3. The summed E-state index contributed by atoms with van der Waals surface area (Å²) < 4.78 is 15.5. The van der Waals surface area contributed by atoms with Gasteiger partial charge in [0.05, 0.1) is 26.9 Å². The second-order valence-corrected chi connectivity index (χ2v) is 9.20. The summed E-state index contributed by atoms with van der Waals surface area (Å²) >= 11 is 0. The van der Waals surface area contributed by atoms with E-state index in [0.29, 0.717) is 0 Å². The highest BCUT2D eigenvalue weighted by Gasteiger charge is 2.23. The Labute approximate surface area is 152 Å². The number of benzene rings is 2. The van der Waals surface area contributed by atoms with Crippen LogP contribution in [0.5, 0.6) is 0 Å². The molecule has 1 aromatic heterocycles.